The first-order valence-corrected chi connectivity index (χ1v) is 8.54. The molecular formula is C19H24N5O+. The van der Waals surface area contributed by atoms with Gasteiger partial charge in [-0.05, 0) is 35.0 Å². The fraction of sp³-hybridized carbons (Fsp3) is 0.316. The van der Waals surface area contributed by atoms with Crippen molar-refractivity contribution < 1.29 is 9.64 Å². The average Bonchev–Trinajstić information content (AvgIpc) is 3.09. The van der Waals surface area contributed by atoms with Crippen molar-refractivity contribution in [3.05, 3.63) is 71.5 Å². The van der Waals surface area contributed by atoms with Crippen molar-refractivity contribution in [3.63, 3.8) is 0 Å². The van der Waals surface area contributed by atoms with Crippen molar-refractivity contribution in [1.82, 2.24) is 20.2 Å². The maximum absolute atomic E-state index is 5.20. The van der Waals surface area contributed by atoms with Gasteiger partial charge in [-0.25, -0.2) is 4.68 Å². The molecule has 0 bridgehead atoms. The van der Waals surface area contributed by atoms with Crippen molar-refractivity contribution in [1.29, 1.82) is 0 Å². The third-order valence-electron chi connectivity index (χ3n) is 4.30. The second-order valence-electron chi connectivity index (χ2n) is 6.04. The normalized spacial score (nSPS) is 12.1. The smallest absolute Gasteiger partial charge is 0.206 e. The first kappa shape index (κ1) is 17.1. The number of ether oxygens (including phenoxy) is 1. The maximum Gasteiger partial charge on any atom is 0.206 e. The predicted octanol–water partition coefficient (Wildman–Crippen LogP) is 1.33. The van der Waals surface area contributed by atoms with E-state index in [0.717, 1.165) is 36.8 Å². The molecule has 0 aliphatic heterocycles. The zero-order chi connectivity index (χ0) is 17.5. The van der Waals surface area contributed by atoms with Gasteiger partial charge in [-0.3, -0.25) is 0 Å². The Hall–Kier alpha value is -2.73. The lowest BCUT2D eigenvalue weighted by molar-refractivity contribution is -0.926. The third kappa shape index (κ3) is 4.64. The highest BCUT2D eigenvalue weighted by atomic mass is 16.5. The van der Waals surface area contributed by atoms with Gasteiger partial charge in [-0.2, -0.15) is 0 Å². The van der Waals surface area contributed by atoms with Crippen LogP contribution >= 0.6 is 0 Å². The van der Waals surface area contributed by atoms with Crippen molar-refractivity contribution in [2.24, 2.45) is 0 Å². The number of methoxy groups -OCH3 is 1. The first-order chi connectivity index (χ1) is 12.3. The molecule has 0 fully saturated rings. The molecule has 0 amide bonds. The summed E-state index contributed by atoms with van der Waals surface area (Å²) in [6, 6.07) is 18.5. The Kier molecular flexibility index (Phi) is 5.74. The summed E-state index contributed by atoms with van der Waals surface area (Å²) in [5, 5.41) is 12.3. The molecule has 0 aliphatic rings. The van der Waals surface area contributed by atoms with Crippen LogP contribution in [0.4, 0.5) is 0 Å². The molecule has 3 aromatic rings. The van der Waals surface area contributed by atoms with Crippen molar-refractivity contribution >= 4 is 0 Å². The number of hydrogen-bond acceptors (Lipinski definition) is 4. The van der Waals surface area contributed by atoms with E-state index >= 15 is 0 Å². The summed E-state index contributed by atoms with van der Waals surface area (Å²) in [5.74, 6) is 1.76. The third-order valence-corrected chi connectivity index (χ3v) is 4.30. The highest BCUT2D eigenvalue weighted by Crippen LogP contribution is 2.12. The van der Waals surface area contributed by atoms with E-state index in [1.165, 1.54) is 10.5 Å². The van der Waals surface area contributed by atoms with Crippen LogP contribution in [0.1, 0.15) is 23.9 Å². The van der Waals surface area contributed by atoms with Crippen LogP contribution in [0.3, 0.4) is 0 Å². The zero-order valence-corrected chi connectivity index (χ0v) is 14.7. The summed E-state index contributed by atoms with van der Waals surface area (Å²) in [6.07, 6.45) is 0. The largest absolute Gasteiger partial charge is 0.497 e. The summed E-state index contributed by atoms with van der Waals surface area (Å²) < 4.78 is 7.08. The van der Waals surface area contributed by atoms with Gasteiger partial charge in [0.1, 0.15) is 18.8 Å². The van der Waals surface area contributed by atoms with Gasteiger partial charge in [0.2, 0.25) is 5.82 Å². The standard InChI is InChI=1S/C19H23N5O/c1-3-23(13-16-7-5-4-6-8-16)15-19-20-21-22-24(19)14-17-9-11-18(25-2)12-10-17/h4-12H,3,13-15H2,1-2H3/p+1. The van der Waals surface area contributed by atoms with Crippen molar-refractivity contribution in [2.45, 2.75) is 26.6 Å². The minimum absolute atomic E-state index is 0.661. The van der Waals surface area contributed by atoms with Gasteiger partial charge >= 0.3 is 0 Å². The Bertz CT molecular complexity index is 770. The number of rotatable bonds is 8. The Morgan fingerprint density at radius 3 is 2.40 bits per heavy atom. The maximum atomic E-state index is 5.20. The van der Waals surface area contributed by atoms with Crippen molar-refractivity contribution in [2.75, 3.05) is 13.7 Å². The summed E-state index contributed by atoms with van der Waals surface area (Å²) in [7, 11) is 1.67. The molecule has 3 rings (SSSR count). The molecule has 130 valence electrons. The number of tetrazole rings is 1. The molecule has 0 saturated heterocycles. The van der Waals surface area contributed by atoms with E-state index in [9.17, 15) is 0 Å². The lowest BCUT2D eigenvalue weighted by Gasteiger charge is -2.17. The highest BCUT2D eigenvalue weighted by Gasteiger charge is 2.15. The number of nitrogens with one attached hydrogen (secondary N) is 1. The van der Waals surface area contributed by atoms with Gasteiger partial charge < -0.3 is 9.64 Å². The Morgan fingerprint density at radius 2 is 1.72 bits per heavy atom. The molecule has 0 saturated carbocycles. The van der Waals surface area contributed by atoms with Gasteiger partial charge in [0, 0.05) is 5.56 Å². The number of hydrogen-bond donors (Lipinski definition) is 1. The summed E-state index contributed by atoms with van der Waals surface area (Å²) in [6.45, 7) is 5.64. The zero-order valence-electron chi connectivity index (χ0n) is 14.7. The SMILES string of the molecule is CC[NH+](Cc1ccccc1)Cc1nnnn1Cc1ccc(OC)cc1. The van der Waals surface area contributed by atoms with E-state index in [4.69, 9.17) is 4.74 Å². The molecule has 0 aliphatic carbocycles. The quantitative estimate of drug-likeness (QED) is 0.673. The summed E-state index contributed by atoms with van der Waals surface area (Å²) in [4.78, 5) is 1.43. The first-order valence-electron chi connectivity index (χ1n) is 8.54. The van der Waals surface area contributed by atoms with E-state index in [2.05, 4.69) is 46.7 Å². The van der Waals surface area contributed by atoms with Gasteiger partial charge in [0.05, 0.1) is 20.2 Å². The monoisotopic (exact) mass is 338 g/mol. The fourth-order valence-electron chi connectivity index (χ4n) is 2.80. The van der Waals surface area contributed by atoms with Gasteiger partial charge in [0.25, 0.3) is 0 Å². The number of nitrogens with zero attached hydrogens (tertiary/aromatic N) is 4. The van der Waals surface area contributed by atoms with Crippen LogP contribution in [0.25, 0.3) is 0 Å². The number of benzene rings is 2. The molecule has 6 heteroatoms. The molecule has 25 heavy (non-hydrogen) atoms. The molecule has 0 spiro atoms. The lowest BCUT2D eigenvalue weighted by atomic mass is 10.2. The van der Waals surface area contributed by atoms with Gasteiger partial charge in [0.15, 0.2) is 0 Å². The van der Waals surface area contributed by atoms with Crippen LogP contribution in [0, 0.1) is 0 Å². The molecule has 1 heterocycles. The second-order valence-corrected chi connectivity index (χ2v) is 6.04. The van der Waals surface area contributed by atoms with Crippen LogP contribution in [0.15, 0.2) is 54.6 Å². The number of quaternary nitrogens is 1. The highest BCUT2D eigenvalue weighted by molar-refractivity contribution is 5.27. The van der Waals surface area contributed by atoms with E-state index in [0.29, 0.717) is 6.54 Å². The Balaban J connectivity index is 1.67. The average molecular weight is 338 g/mol. The lowest BCUT2D eigenvalue weighted by Crippen LogP contribution is -3.09. The van der Waals surface area contributed by atoms with Crippen LogP contribution in [-0.2, 0) is 19.6 Å². The molecular weight excluding hydrogens is 314 g/mol. The summed E-state index contributed by atoms with van der Waals surface area (Å²) >= 11 is 0. The Labute approximate surface area is 148 Å². The molecule has 1 aromatic heterocycles. The number of aromatic nitrogens is 4. The molecule has 6 nitrogen and oxygen atoms in total. The minimum Gasteiger partial charge on any atom is -0.497 e. The molecule has 2 aromatic carbocycles. The van der Waals surface area contributed by atoms with Crippen LogP contribution in [0.5, 0.6) is 5.75 Å². The van der Waals surface area contributed by atoms with Crippen LogP contribution in [-0.4, -0.2) is 33.9 Å². The van der Waals surface area contributed by atoms with E-state index in [1.54, 1.807) is 7.11 Å². The molecule has 1 N–H and O–H groups in total. The van der Waals surface area contributed by atoms with Crippen LogP contribution in [0.2, 0.25) is 0 Å². The van der Waals surface area contributed by atoms with Gasteiger partial charge in [-0.15, -0.1) is 5.10 Å². The topological polar surface area (TPSA) is 57.3 Å². The molecule has 1 atom stereocenters. The fourth-order valence-corrected chi connectivity index (χ4v) is 2.80. The van der Waals surface area contributed by atoms with E-state index in [-0.39, 0.29) is 0 Å². The van der Waals surface area contributed by atoms with Gasteiger partial charge in [-0.1, -0.05) is 42.5 Å². The van der Waals surface area contributed by atoms with E-state index in [1.807, 2.05) is 35.0 Å². The molecule has 0 radical (unpaired) electrons. The minimum atomic E-state index is 0.661. The Morgan fingerprint density at radius 1 is 0.960 bits per heavy atom. The molecule has 1 unspecified atom stereocenters. The predicted molar refractivity (Wildman–Crippen MR) is 95.3 cm³/mol. The van der Waals surface area contributed by atoms with E-state index < -0.39 is 0 Å². The summed E-state index contributed by atoms with van der Waals surface area (Å²) in [5.41, 5.74) is 2.48. The second kappa shape index (κ2) is 8.39. The van der Waals surface area contributed by atoms with Crippen LogP contribution < -0.4 is 9.64 Å². The van der Waals surface area contributed by atoms with Crippen molar-refractivity contribution in [3.8, 4) is 5.75 Å².